The molecular formula is C22H29BrN2Si. The van der Waals surface area contributed by atoms with E-state index in [9.17, 15) is 0 Å². The number of benzene rings is 1. The molecule has 138 valence electrons. The van der Waals surface area contributed by atoms with Gasteiger partial charge in [0.25, 0.3) is 0 Å². The van der Waals surface area contributed by atoms with Gasteiger partial charge in [0.1, 0.15) is 0 Å². The van der Waals surface area contributed by atoms with Crippen LogP contribution in [0, 0.1) is 0 Å². The van der Waals surface area contributed by atoms with Gasteiger partial charge < -0.3 is 4.23 Å². The summed E-state index contributed by atoms with van der Waals surface area (Å²) in [5.41, 5.74) is 4.56. The quantitative estimate of drug-likeness (QED) is 0.384. The molecule has 2 heterocycles. The van der Waals surface area contributed by atoms with Crippen molar-refractivity contribution in [2.24, 2.45) is 0 Å². The monoisotopic (exact) mass is 428 g/mol. The minimum atomic E-state index is -1.75. The van der Waals surface area contributed by atoms with Crippen LogP contribution in [0.4, 0.5) is 0 Å². The van der Waals surface area contributed by atoms with Crippen molar-refractivity contribution in [1.82, 2.24) is 9.22 Å². The van der Waals surface area contributed by atoms with E-state index in [0.717, 1.165) is 0 Å². The van der Waals surface area contributed by atoms with Crippen molar-refractivity contribution in [1.29, 1.82) is 0 Å². The highest BCUT2D eigenvalue weighted by Crippen LogP contribution is 2.45. The number of nitrogens with zero attached hydrogens (tertiary/aromatic N) is 2. The molecule has 2 aromatic heterocycles. The Kier molecular flexibility index (Phi) is 5.45. The molecule has 0 aliphatic carbocycles. The second kappa shape index (κ2) is 7.32. The number of fused-ring (bicyclic) bond motifs is 1. The lowest BCUT2D eigenvalue weighted by molar-refractivity contribution is 0.761. The number of hydrogen-bond acceptors (Lipinski definition) is 1. The maximum Gasteiger partial charge on any atom is 0.170 e. The first-order valence-electron chi connectivity index (χ1n) is 9.51. The molecule has 0 spiro atoms. The van der Waals surface area contributed by atoms with Gasteiger partial charge in [-0.05, 0) is 67.3 Å². The predicted molar refractivity (Wildman–Crippen MR) is 119 cm³/mol. The van der Waals surface area contributed by atoms with Crippen molar-refractivity contribution in [2.45, 2.75) is 58.2 Å². The zero-order chi connectivity index (χ0) is 19.1. The van der Waals surface area contributed by atoms with Gasteiger partial charge >= 0.3 is 0 Å². The second-order valence-corrected chi connectivity index (χ2v) is 14.7. The summed E-state index contributed by atoms with van der Waals surface area (Å²) >= 11 is 3.89. The molecule has 0 atom stereocenters. The van der Waals surface area contributed by atoms with Gasteiger partial charge in [-0.3, -0.25) is 4.98 Å². The van der Waals surface area contributed by atoms with Crippen LogP contribution in [0.3, 0.4) is 0 Å². The van der Waals surface area contributed by atoms with Crippen LogP contribution in [0.25, 0.3) is 21.9 Å². The van der Waals surface area contributed by atoms with E-state index < -0.39 is 8.24 Å². The first-order chi connectivity index (χ1) is 12.3. The molecule has 0 radical (unpaired) electrons. The highest BCUT2D eigenvalue weighted by atomic mass is 79.9. The molecular weight excluding hydrogens is 400 g/mol. The van der Waals surface area contributed by atoms with Crippen LogP contribution >= 0.6 is 15.9 Å². The lowest BCUT2D eigenvalue weighted by Crippen LogP contribution is -2.51. The summed E-state index contributed by atoms with van der Waals surface area (Å²) in [6.45, 7) is 14.4. The number of aromatic nitrogens is 2. The van der Waals surface area contributed by atoms with Crippen molar-refractivity contribution in [3.05, 3.63) is 53.5 Å². The summed E-state index contributed by atoms with van der Waals surface area (Å²) in [5.74, 6) is 0. The smallest absolute Gasteiger partial charge is 0.170 e. The summed E-state index contributed by atoms with van der Waals surface area (Å²) in [4.78, 5) is 4.22. The molecule has 4 heteroatoms. The standard InChI is InChI=1S/C22H29BrN2Si/c1-15(2)26(16(3)4,17(5)6)25-14-21(12-22(25)23)18-7-8-20-13-24-10-9-19(20)11-18/h7-17H,1-6H3. The van der Waals surface area contributed by atoms with E-state index in [1.807, 2.05) is 12.4 Å². The molecule has 3 aromatic rings. The van der Waals surface area contributed by atoms with Crippen LogP contribution in [-0.4, -0.2) is 17.5 Å². The van der Waals surface area contributed by atoms with E-state index in [0.29, 0.717) is 16.6 Å². The van der Waals surface area contributed by atoms with E-state index in [1.165, 1.54) is 26.5 Å². The van der Waals surface area contributed by atoms with E-state index in [2.05, 4.69) is 103 Å². The van der Waals surface area contributed by atoms with Crippen LogP contribution in [0.15, 0.2) is 53.5 Å². The molecule has 1 aromatic carbocycles. The molecule has 26 heavy (non-hydrogen) atoms. The summed E-state index contributed by atoms with van der Waals surface area (Å²) in [6, 6.07) is 11.0. The first kappa shape index (κ1) is 19.4. The zero-order valence-electron chi connectivity index (χ0n) is 16.6. The molecule has 3 rings (SSSR count). The van der Waals surface area contributed by atoms with E-state index in [4.69, 9.17) is 0 Å². The van der Waals surface area contributed by atoms with Crippen LogP contribution in [0.5, 0.6) is 0 Å². The second-order valence-electron chi connectivity index (χ2n) is 8.21. The van der Waals surface area contributed by atoms with Crippen LogP contribution in [0.1, 0.15) is 41.5 Å². The van der Waals surface area contributed by atoms with Gasteiger partial charge in [0.05, 0.1) is 4.60 Å². The summed E-state index contributed by atoms with van der Waals surface area (Å²) in [5, 5.41) is 2.42. The minimum absolute atomic E-state index is 0.668. The van der Waals surface area contributed by atoms with Crippen LogP contribution in [-0.2, 0) is 0 Å². The van der Waals surface area contributed by atoms with Gasteiger partial charge in [0.2, 0.25) is 0 Å². The number of rotatable bonds is 5. The van der Waals surface area contributed by atoms with Crippen molar-refractivity contribution >= 4 is 34.9 Å². The van der Waals surface area contributed by atoms with Gasteiger partial charge in [0, 0.05) is 24.0 Å². The van der Waals surface area contributed by atoms with Gasteiger partial charge in [-0.2, -0.15) is 0 Å². The maximum absolute atomic E-state index is 4.22. The fourth-order valence-electron chi connectivity index (χ4n) is 4.99. The minimum Gasteiger partial charge on any atom is -0.368 e. The van der Waals surface area contributed by atoms with E-state index >= 15 is 0 Å². The van der Waals surface area contributed by atoms with Gasteiger partial charge in [0.15, 0.2) is 8.24 Å². The highest BCUT2D eigenvalue weighted by molar-refractivity contribution is 9.10. The number of hydrogen-bond donors (Lipinski definition) is 0. The normalized spacial score (nSPS) is 12.7. The lowest BCUT2D eigenvalue weighted by Gasteiger charge is -2.44. The van der Waals surface area contributed by atoms with Crippen molar-refractivity contribution in [3.63, 3.8) is 0 Å². The molecule has 0 fully saturated rings. The number of halogens is 1. The molecule has 2 nitrogen and oxygen atoms in total. The molecule has 0 saturated carbocycles. The summed E-state index contributed by atoms with van der Waals surface area (Å²) < 4.78 is 3.82. The lowest BCUT2D eigenvalue weighted by atomic mass is 10.1. The fourth-order valence-corrected chi connectivity index (χ4v) is 12.7. The average Bonchev–Trinajstić information content (AvgIpc) is 2.96. The molecule has 0 amide bonds. The Hall–Kier alpha value is -1.39. The molecule has 0 bridgehead atoms. The van der Waals surface area contributed by atoms with Crippen LogP contribution < -0.4 is 0 Å². The summed E-state index contributed by atoms with van der Waals surface area (Å²) in [6.07, 6.45) is 6.18. The van der Waals surface area contributed by atoms with Crippen molar-refractivity contribution in [2.75, 3.05) is 0 Å². The number of pyridine rings is 1. The Balaban J connectivity index is 2.15. The first-order valence-corrected chi connectivity index (χ1v) is 12.5. The molecule has 0 N–H and O–H groups in total. The van der Waals surface area contributed by atoms with Gasteiger partial charge in [-0.15, -0.1) is 0 Å². The molecule has 0 aliphatic rings. The van der Waals surface area contributed by atoms with Crippen molar-refractivity contribution in [3.8, 4) is 11.1 Å². The highest BCUT2D eigenvalue weighted by Gasteiger charge is 2.46. The Morgan fingerprint density at radius 2 is 1.50 bits per heavy atom. The topological polar surface area (TPSA) is 17.8 Å². The third-order valence-corrected chi connectivity index (χ3v) is 13.6. The van der Waals surface area contributed by atoms with Gasteiger partial charge in [-0.25, -0.2) is 0 Å². The Morgan fingerprint density at radius 3 is 2.12 bits per heavy atom. The Bertz CT molecular complexity index is 890. The van der Waals surface area contributed by atoms with E-state index in [1.54, 1.807) is 0 Å². The van der Waals surface area contributed by atoms with E-state index in [-0.39, 0.29) is 0 Å². The predicted octanol–water partition coefficient (Wildman–Crippen LogP) is 7.49. The average molecular weight is 429 g/mol. The third-order valence-electron chi connectivity index (χ3n) is 5.94. The zero-order valence-corrected chi connectivity index (χ0v) is 19.2. The largest absolute Gasteiger partial charge is 0.368 e. The van der Waals surface area contributed by atoms with Gasteiger partial charge in [-0.1, -0.05) is 53.7 Å². The third kappa shape index (κ3) is 3.07. The molecule has 0 saturated heterocycles. The SMILES string of the molecule is CC(C)[Si](C(C)C)(C(C)C)n1cc(-c2ccc3cnccc3c2)cc1Br. The Labute approximate surface area is 166 Å². The van der Waals surface area contributed by atoms with Crippen LogP contribution in [0.2, 0.25) is 16.6 Å². The van der Waals surface area contributed by atoms with Crippen molar-refractivity contribution < 1.29 is 0 Å². The molecule has 0 aliphatic heterocycles. The maximum atomic E-state index is 4.22. The Morgan fingerprint density at radius 1 is 0.846 bits per heavy atom. The summed E-state index contributed by atoms with van der Waals surface area (Å²) in [7, 11) is -1.75. The fraction of sp³-hybridized carbons (Fsp3) is 0.409. The molecule has 0 unspecified atom stereocenters.